The fourth-order valence-corrected chi connectivity index (χ4v) is 2.13. The van der Waals surface area contributed by atoms with Gasteiger partial charge in [-0.25, -0.2) is 0 Å². The van der Waals surface area contributed by atoms with Gasteiger partial charge in [-0.1, -0.05) is 6.92 Å². The lowest BCUT2D eigenvalue weighted by molar-refractivity contribution is -0.123. The lowest BCUT2D eigenvalue weighted by Gasteiger charge is -2.31. The van der Waals surface area contributed by atoms with E-state index >= 15 is 0 Å². The maximum Gasteiger partial charge on any atom is 0.220 e. The van der Waals surface area contributed by atoms with Crippen LogP contribution < -0.4 is 11.1 Å². The molecule has 0 bridgehead atoms. The monoisotopic (exact) mass is 238 g/mol. The van der Waals surface area contributed by atoms with Gasteiger partial charge in [0.15, 0.2) is 0 Å². The zero-order chi connectivity index (χ0) is 12.7. The topological polar surface area (TPSA) is 82.2 Å². The van der Waals surface area contributed by atoms with Gasteiger partial charge in [-0.15, -0.1) is 0 Å². The summed E-state index contributed by atoms with van der Waals surface area (Å²) in [6, 6.07) is 2.16. The van der Waals surface area contributed by atoms with Crippen LogP contribution in [0.4, 0.5) is 0 Å². The maximum absolute atomic E-state index is 11.0. The molecule has 17 heavy (non-hydrogen) atoms. The summed E-state index contributed by atoms with van der Waals surface area (Å²) < 4.78 is 0. The van der Waals surface area contributed by atoms with Crippen LogP contribution in [0.5, 0.6) is 0 Å². The molecule has 0 spiro atoms. The molecule has 0 aliphatic carbocycles. The number of primary amides is 1. The fourth-order valence-electron chi connectivity index (χ4n) is 2.13. The van der Waals surface area contributed by atoms with Crippen LogP contribution in [0, 0.1) is 17.2 Å². The predicted molar refractivity (Wildman–Crippen MR) is 66.1 cm³/mol. The zero-order valence-corrected chi connectivity index (χ0v) is 10.5. The van der Waals surface area contributed by atoms with Crippen LogP contribution >= 0.6 is 0 Å². The summed E-state index contributed by atoms with van der Waals surface area (Å²) in [7, 11) is 0. The Kier molecular flexibility index (Phi) is 5.95. The average molecular weight is 238 g/mol. The second kappa shape index (κ2) is 7.25. The highest BCUT2D eigenvalue weighted by atomic mass is 16.1. The van der Waals surface area contributed by atoms with E-state index in [1.807, 2.05) is 0 Å². The molecule has 1 aliphatic heterocycles. The van der Waals surface area contributed by atoms with Gasteiger partial charge in [0.1, 0.15) is 6.04 Å². The summed E-state index contributed by atoms with van der Waals surface area (Å²) in [5.74, 6) is -0.166. The van der Waals surface area contributed by atoms with E-state index < -0.39 is 0 Å². The molecular weight excluding hydrogens is 216 g/mol. The summed E-state index contributed by atoms with van der Waals surface area (Å²) in [6.07, 6.45) is 2.67. The molecule has 1 amide bonds. The van der Waals surface area contributed by atoms with Crippen molar-refractivity contribution in [2.24, 2.45) is 11.7 Å². The number of carbonyl (C=O) groups excluding carboxylic acids is 1. The first-order chi connectivity index (χ1) is 8.17. The Hall–Kier alpha value is -1.12. The first-order valence-corrected chi connectivity index (χ1v) is 6.32. The Morgan fingerprint density at radius 1 is 1.59 bits per heavy atom. The molecular formula is C12H22N4O. The number of amides is 1. The van der Waals surface area contributed by atoms with Gasteiger partial charge in [-0.3, -0.25) is 4.79 Å². The number of nitrogens with one attached hydrogen (secondary N) is 1. The van der Waals surface area contributed by atoms with Crippen LogP contribution in [0.3, 0.4) is 0 Å². The molecule has 1 rings (SSSR count). The third-order valence-electron chi connectivity index (χ3n) is 3.23. The van der Waals surface area contributed by atoms with Crippen molar-refractivity contribution in [3.8, 4) is 6.07 Å². The zero-order valence-electron chi connectivity index (χ0n) is 10.5. The van der Waals surface area contributed by atoms with Crippen molar-refractivity contribution in [1.29, 1.82) is 5.26 Å². The van der Waals surface area contributed by atoms with Crippen LogP contribution in [0.15, 0.2) is 0 Å². The van der Waals surface area contributed by atoms with Gasteiger partial charge in [0.25, 0.3) is 0 Å². The second-order valence-corrected chi connectivity index (χ2v) is 4.61. The Morgan fingerprint density at radius 3 is 2.71 bits per heavy atom. The number of nitrogens with zero attached hydrogens (tertiary/aromatic N) is 2. The SMILES string of the molecule is CCCNC(C#N)CN1CCC(C(N)=O)CC1. The number of nitriles is 1. The van der Waals surface area contributed by atoms with E-state index in [0.29, 0.717) is 0 Å². The smallest absolute Gasteiger partial charge is 0.220 e. The van der Waals surface area contributed by atoms with E-state index in [-0.39, 0.29) is 17.9 Å². The van der Waals surface area contributed by atoms with Crippen LogP contribution in [-0.2, 0) is 4.79 Å². The summed E-state index contributed by atoms with van der Waals surface area (Å²) >= 11 is 0. The molecule has 3 N–H and O–H groups in total. The lowest BCUT2D eigenvalue weighted by atomic mass is 9.96. The minimum Gasteiger partial charge on any atom is -0.369 e. The molecule has 0 aromatic rings. The Morgan fingerprint density at radius 2 is 2.24 bits per heavy atom. The molecule has 0 aromatic heterocycles. The normalized spacial score (nSPS) is 19.8. The quantitative estimate of drug-likeness (QED) is 0.686. The highest BCUT2D eigenvalue weighted by Crippen LogP contribution is 2.16. The van der Waals surface area contributed by atoms with Gasteiger partial charge in [0, 0.05) is 12.5 Å². The van der Waals surface area contributed by atoms with Crippen molar-refractivity contribution < 1.29 is 4.79 Å². The number of piperidine rings is 1. The van der Waals surface area contributed by atoms with E-state index in [1.54, 1.807) is 0 Å². The largest absolute Gasteiger partial charge is 0.369 e. The van der Waals surface area contributed by atoms with Gasteiger partial charge in [-0.05, 0) is 38.9 Å². The first kappa shape index (κ1) is 13.9. The Bertz CT molecular complexity index is 279. The molecule has 0 radical (unpaired) electrons. The first-order valence-electron chi connectivity index (χ1n) is 6.32. The third kappa shape index (κ3) is 4.72. The average Bonchev–Trinajstić information content (AvgIpc) is 2.35. The molecule has 0 saturated carbocycles. The van der Waals surface area contributed by atoms with Crippen LogP contribution in [0.1, 0.15) is 26.2 Å². The fraction of sp³-hybridized carbons (Fsp3) is 0.833. The summed E-state index contributed by atoms with van der Waals surface area (Å²) in [5, 5.41) is 12.2. The summed E-state index contributed by atoms with van der Waals surface area (Å²) in [4.78, 5) is 13.3. The molecule has 1 fully saturated rings. The van der Waals surface area contributed by atoms with Crippen molar-refractivity contribution in [1.82, 2.24) is 10.2 Å². The number of hydrogen-bond acceptors (Lipinski definition) is 4. The van der Waals surface area contributed by atoms with Crippen molar-refractivity contribution in [2.45, 2.75) is 32.2 Å². The van der Waals surface area contributed by atoms with Crippen molar-refractivity contribution in [2.75, 3.05) is 26.2 Å². The van der Waals surface area contributed by atoms with Gasteiger partial charge < -0.3 is 16.0 Å². The molecule has 5 nitrogen and oxygen atoms in total. The highest BCUT2D eigenvalue weighted by Gasteiger charge is 2.24. The molecule has 96 valence electrons. The van der Waals surface area contributed by atoms with Crippen LogP contribution in [0.2, 0.25) is 0 Å². The van der Waals surface area contributed by atoms with Crippen LogP contribution in [0.25, 0.3) is 0 Å². The number of hydrogen-bond donors (Lipinski definition) is 2. The van der Waals surface area contributed by atoms with Crippen LogP contribution in [-0.4, -0.2) is 43.0 Å². The van der Waals surface area contributed by atoms with Gasteiger partial charge in [0.2, 0.25) is 5.91 Å². The molecule has 1 aliphatic rings. The third-order valence-corrected chi connectivity index (χ3v) is 3.23. The molecule has 0 aromatic carbocycles. The maximum atomic E-state index is 11.0. The minimum absolute atomic E-state index is 0.0235. The van der Waals surface area contributed by atoms with Crippen molar-refractivity contribution in [3.05, 3.63) is 0 Å². The van der Waals surface area contributed by atoms with E-state index in [2.05, 4.69) is 23.2 Å². The highest BCUT2D eigenvalue weighted by molar-refractivity contribution is 5.76. The lowest BCUT2D eigenvalue weighted by Crippen LogP contribution is -2.45. The molecule has 1 saturated heterocycles. The predicted octanol–water partition coefficient (Wildman–Crippen LogP) is 0.0755. The molecule has 1 unspecified atom stereocenters. The summed E-state index contributed by atoms with van der Waals surface area (Å²) in [5.41, 5.74) is 5.28. The Labute approximate surface area is 103 Å². The number of nitrogens with two attached hydrogens (primary N) is 1. The molecule has 5 heteroatoms. The molecule has 1 heterocycles. The van der Waals surface area contributed by atoms with Gasteiger partial charge in [0.05, 0.1) is 6.07 Å². The standard InChI is InChI=1S/C12H22N4O/c1-2-5-15-11(8-13)9-16-6-3-10(4-7-16)12(14)17/h10-11,15H,2-7,9H2,1H3,(H2,14,17). The van der Waals surface area contributed by atoms with Gasteiger partial charge in [-0.2, -0.15) is 5.26 Å². The van der Waals surface area contributed by atoms with Crippen molar-refractivity contribution >= 4 is 5.91 Å². The van der Waals surface area contributed by atoms with E-state index in [0.717, 1.165) is 45.4 Å². The number of carbonyl (C=O) groups is 1. The number of rotatable bonds is 6. The second-order valence-electron chi connectivity index (χ2n) is 4.61. The Balaban J connectivity index is 2.29. The number of likely N-dealkylation sites (tertiary alicyclic amines) is 1. The summed E-state index contributed by atoms with van der Waals surface area (Å²) in [6.45, 7) is 5.41. The van der Waals surface area contributed by atoms with E-state index in [4.69, 9.17) is 11.0 Å². The molecule has 1 atom stereocenters. The van der Waals surface area contributed by atoms with E-state index in [9.17, 15) is 4.79 Å². The van der Waals surface area contributed by atoms with Crippen molar-refractivity contribution in [3.63, 3.8) is 0 Å². The van der Waals surface area contributed by atoms with E-state index in [1.165, 1.54) is 0 Å². The minimum atomic E-state index is -0.189. The van der Waals surface area contributed by atoms with Gasteiger partial charge >= 0.3 is 0 Å².